The molecule has 4 aromatic heterocycles. The van der Waals surface area contributed by atoms with E-state index >= 15 is 0 Å². The van der Waals surface area contributed by atoms with Crippen LogP contribution in [0.1, 0.15) is 11.1 Å². The molecule has 0 saturated carbocycles. The molecule has 0 aliphatic carbocycles. The van der Waals surface area contributed by atoms with Gasteiger partial charge in [0.1, 0.15) is 22.9 Å². The summed E-state index contributed by atoms with van der Waals surface area (Å²) in [5.41, 5.74) is 1.68. The number of fused-ring (bicyclic) bond motifs is 2. The minimum Gasteiger partial charge on any atom is -0.305 e. The molecule has 0 unspecified atom stereocenters. The lowest BCUT2D eigenvalue weighted by Gasteiger charge is -2.12. The van der Waals surface area contributed by atoms with Crippen LogP contribution in [0.5, 0.6) is 0 Å². The first-order valence-electron chi connectivity index (χ1n) is 7.57. The third-order valence-corrected chi connectivity index (χ3v) is 4.03. The van der Waals surface area contributed by atoms with E-state index in [1.807, 2.05) is 18.2 Å². The third kappa shape index (κ3) is 2.37. The van der Waals surface area contributed by atoms with E-state index in [9.17, 15) is 10.1 Å². The first-order chi connectivity index (χ1) is 12.2. The third-order valence-electron chi connectivity index (χ3n) is 4.03. The predicted octanol–water partition coefficient (Wildman–Crippen LogP) is 1.44. The van der Waals surface area contributed by atoms with Crippen molar-refractivity contribution in [3.05, 3.63) is 82.0 Å². The number of hydrogen-bond donors (Lipinski definition) is 1. The van der Waals surface area contributed by atoms with E-state index in [0.717, 1.165) is 5.56 Å². The van der Waals surface area contributed by atoms with Crippen LogP contribution in [0.15, 0.2) is 59.8 Å². The SMILES string of the molecule is N#Cc1cc2c(=O)n3ccccc3nc2n(Cc2ccncc2)c1=N. The van der Waals surface area contributed by atoms with Crippen molar-refractivity contribution in [2.24, 2.45) is 0 Å². The molecule has 0 amide bonds. The van der Waals surface area contributed by atoms with Crippen LogP contribution in [0.3, 0.4) is 0 Å². The maximum absolute atomic E-state index is 12.8. The molecular weight excluding hydrogens is 316 g/mol. The Balaban J connectivity index is 2.12. The monoisotopic (exact) mass is 328 g/mol. The topological polar surface area (TPSA) is 99.8 Å². The van der Waals surface area contributed by atoms with E-state index in [0.29, 0.717) is 23.2 Å². The Labute approximate surface area is 141 Å². The lowest BCUT2D eigenvalue weighted by molar-refractivity contribution is 0.748. The van der Waals surface area contributed by atoms with Crippen molar-refractivity contribution in [1.29, 1.82) is 10.7 Å². The standard InChI is InChI=1S/C18H12N6O/c19-10-13-9-14-17(22-15-3-1-2-8-23(15)18(14)25)24(16(13)20)11-12-4-6-21-7-5-12/h1-9,20H,11H2. The molecule has 4 aromatic rings. The molecule has 0 atom stereocenters. The lowest BCUT2D eigenvalue weighted by atomic mass is 10.2. The Morgan fingerprint density at radius 2 is 2.00 bits per heavy atom. The number of hydrogen-bond acceptors (Lipinski definition) is 5. The van der Waals surface area contributed by atoms with E-state index in [1.165, 1.54) is 10.5 Å². The molecule has 0 bridgehead atoms. The van der Waals surface area contributed by atoms with Crippen molar-refractivity contribution in [2.75, 3.05) is 0 Å². The summed E-state index contributed by atoms with van der Waals surface area (Å²) in [6.07, 6.45) is 4.96. The second-order valence-corrected chi connectivity index (χ2v) is 5.54. The Kier molecular flexibility index (Phi) is 3.36. The number of nitrogens with one attached hydrogen (secondary N) is 1. The predicted molar refractivity (Wildman–Crippen MR) is 90.9 cm³/mol. The highest BCUT2D eigenvalue weighted by Crippen LogP contribution is 2.11. The van der Waals surface area contributed by atoms with Crippen molar-refractivity contribution in [3.8, 4) is 6.07 Å². The Morgan fingerprint density at radius 3 is 2.76 bits per heavy atom. The molecule has 0 aromatic carbocycles. The van der Waals surface area contributed by atoms with Gasteiger partial charge in [0.2, 0.25) is 0 Å². The molecule has 1 N–H and O–H groups in total. The van der Waals surface area contributed by atoms with Gasteiger partial charge in [-0.15, -0.1) is 0 Å². The summed E-state index contributed by atoms with van der Waals surface area (Å²) in [5, 5.41) is 18.0. The van der Waals surface area contributed by atoms with Crippen molar-refractivity contribution >= 4 is 16.7 Å². The zero-order valence-corrected chi connectivity index (χ0v) is 13.0. The molecule has 25 heavy (non-hydrogen) atoms. The molecule has 0 saturated heterocycles. The number of nitrogens with zero attached hydrogens (tertiary/aromatic N) is 5. The molecule has 7 nitrogen and oxygen atoms in total. The van der Waals surface area contributed by atoms with Gasteiger partial charge in [-0.3, -0.25) is 19.6 Å². The van der Waals surface area contributed by atoms with Crippen LogP contribution in [0.4, 0.5) is 0 Å². The maximum Gasteiger partial charge on any atom is 0.267 e. The van der Waals surface area contributed by atoms with Crippen molar-refractivity contribution < 1.29 is 0 Å². The second-order valence-electron chi connectivity index (χ2n) is 5.54. The van der Waals surface area contributed by atoms with Gasteiger partial charge in [0.05, 0.1) is 17.5 Å². The highest BCUT2D eigenvalue weighted by atomic mass is 16.1. The van der Waals surface area contributed by atoms with E-state index in [2.05, 4.69) is 9.97 Å². The van der Waals surface area contributed by atoms with Gasteiger partial charge in [0, 0.05) is 18.6 Å². The van der Waals surface area contributed by atoms with Crippen LogP contribution in [0, 0.1) is 16.7 Å². The summed E-state index contributed by atoms with van der Waals surface area (Å²) in [7, 11) is 0. The van der Waals surface area contributed by atoms with E-state index in [1.54, 1.807) is 41.4 Å². The van der Waals surface area contributed by atoms with Crippen molar-refractivity contribution in [3.63, 3.8) is 0 Å². The quantitative estimate of drug-likeness (QED) is 0.563. The maximum atomic E-state index is 12.8. The number of nitriles is 1. The second kappa shape index (κ2) is 5.69. The highest BCUT2D eigenvalue weighted by Gasteiger charge is 2.13. The fourth-order valence-electron chi connectivity index (χ4n) is 2.80. The summed E-state index contributed by atoms with van der Waals surface area (Å²) in [5.74, 6) is 0. The minimum atomic E-state index is -0.263. The fraction of sp³-hybridized carbons (Fsp3) is 0.0556. The average molecular weight is 328 g/mol. The Morgan fingerprint density at radius 1 is 1.20 bits per heavy atom. The number of aromatic nitrogens is 4. The molecule has 0 spiro atoms. The summed E-state index contributed by atoms with van der Waals surface area (Å²) in [4.78, 5) is 21.3. The van der Waals surface area contributed by atoms with Gasteiger partial charge in [-0.05, 0) is 35.9 Å². The Hall–Kier alpha value is -3.79. The van der Waals surface area contributed by atoms with Crippen LogP contribution in [-0.4, -0.2) is 18.9 Å². The summed E-state index contributed by atoms with van der Waals surface area (Å²) in [6, 6.07) is 12.4. The molecule has 120 valence electrons. The van der Waals surface area contributed by atoms with E-state index in [-0.39, 0.29) is 16.6 Å². The van der Waals surface area contributed by atoms with Gasteiger partial charge in [-0.25, -0.2) is 4.98 Å². The van der Waals surface area contributed by atoms with Gasteiger partial charge in [-0.2, -0.15) is 5.26 Å². The van der Waals surface area contributed by atoms with Gasteiger partial charge >= 0.3 is 0 Å². The summed E-state index contributed by atoms with van der Waals surface area (Å²) >= 11 is 0. The first kappa shape index (κ1) is 14.8. The summed E-state index contributed by atoms with van der Waals surface area (Å²) in [6.45, 7) is 0.322. The molecule has 0 fully saturated rings. The van der Waals surface area contributed by atoms with Crippen molar-refractivity contribution in [2.45, 2.75) is 6.54 Å². The van der Waals surface area contributed by atoms with Gasteiger partial charge < -0.3 is 4.57 Å². The zero-order chi connectivity index (χ0) is 17.4. The molecule has 0 aliphatic heterocycles. The largest absolute Gasteiger partial charge is 0.305 e. The molecule has 0 aliphatic rings. The molecule has 7 heteroatoms. The van der Waals surface area contributed by atoms with Gasteiger partial charge in [-0.1, -0.05) is 6.07 Å². The van der Waals surface area contributed by atoms with Crippen LogP contribution < -0.4 is 11.0 Å². The van der Waals surface area contributed by atoms with Gasteiger partial charge in [0.15, 0.2) is 0 Å². The van der Waals surface area contributed by atoms with Crippen LogP contribution in [0.2, 0.25) is 0 Å². The normalized spacial score (nSPS) is 10.8. The molecule has 0 radical (unpaired) electrons. The number of pyridine rings is 3. The van der Waals surface area contributed by atoms with Crippen LogP contribution >= 0.6 is 0 Å². The first-order valence-corrected chi connectivity index (χ1v) is 7.57. The van der Waals surface area contributed by atoms with E-state index in [4.69, 9.17) is 5.41 Å². The fourth-order valence-corrected chi connectivity index (χ4v) is 2.80. The minimum absolute atomic E-state index is 0.0268. The molecular formula is C18H12N6O. The zero-order valence-electron chi connectivity index (χ0n) is 13.0. The number of rotatable bonds is 2. The molecule has 4 heterocycles. The van der Waals surface area contributed by atoms with Crippen LogP contribution in [-0.2, 0) is 6.54 Å². The lowest BCUT2D eigenvalue weighted by Crippen LogP contribution is -2.28. The van der Waals surface area contributed by atoms with Gasteiger partial charge in [0.25, 0.3) is 5.56 Å². The smallest absolute Gasteiger partial charge is 0.267 e. The van der Waals surface area contributed by atoms with E-state index < -0.39 is 0 Å². The van der Waals surface area contributed by atoms with Crippen LogP contribution in [0.25, 0.3) is 16.7 Å². The highest BCUT2D eigenvalue weighted by molar-refractivity contribution is 5.77. The van der Waals surface area contributed by atoms with Crippen molar-refractivity contribution in [1.82, 2.24) is 18.9 Å². The summed E-state index contributed by atoms with van der Waals surface area (Å²) < 4.78 is 3.02. The average Bonchev–Trinajstić information content (AvgIpc) is 2.65. The molecule has 4 rings (SSSR count). The Bertz CT molecular complexity index is 1260.